The molecule has 1 amide bonds. The van der Waals surface area contributed by atoms with Gasteiger partial charge in [-0.1, -0.05) is 18.0 Å². The molecule has 2 rings (SSSR count). The van der Waals surface area contributed by atoms with Gasteiger partial charge in [-0.3, -0.25) is 14.9 Å². The summed E-state index contributed by atoms with van der Waals surface area (Å²) in [6.07, 6.45) is 2.54. The van der Waals surface area contributed by atoms with Crippen LogP contribution in [0.2, 0.25) is 5.02 Å². The van der Waals surface area contributed by atoms with E-state index in [1.807, 2.05) is 0 Å². The van der Waals surface area contributed by atoms with Gasteiger partial charge in [-0.25, -0.2) is 0 Å². The second kappa shape index (κ2) is 5.54. The van der Waals surface area contributed by atoms with E-state index in [0.717, 1.165) is 19.3 Å². The third kappa shape index (κ3) is 3.02. The van der Waals surface area contributed by atoms with E-state index >= 15 is 0 Å². The van der Waals surface area contributed by atoms with Crippen LogP contribution >= 0.6 is 11.6 Å². The van der Waals surface area contributed by atoms with Crippen molar-refractivity contribution in [2.45, 2.75) is 25.3 Å². The summed E-state index contributed by atoms with van der Waals surface area (Å²) in [5.41, 5.74) is 6.11. The molecule has 7 heteroatoms. The lowest BCUT2D eigenvalue weighted by Gasteiger charge is -2.15. The fourth-order valence-corrected chi connectivity index (χ4v) is 2.48. The molecule has 1 saturated carbocycles. The molecule has 3 N–H and O–H groups in total. The zero-order valence-electron chi connectivity index (χ0n) is 10.1. The molecule has 19 heavy (non-hydrogen) atoms. The number of nitrogens with one attached hydrogen (secondary N) is 1. The van der Waals surface area contributed by atoms with Crippen LogP contribution in [0, 0.1) is 16.0 Å². The first-order valence-electron chi connectivity index (χ1n) is 5.99. The van der Waals surface area contributed by atoms with Crippen LogP contribution in [0.15, 0.2) is 18.2 Å². The zero-order valence-corrected chi connectivity index (χ0v) is 10.9. The summed E-state index contributed by atoms with van der Waals surface area (Å²) in [6.45, 7) is 0. The van der Waals surface area contributed by atoms with Crippen LogP contribution in [0.25, 0.3) is 0 Å². The van der Waals surface area contributed by atoms with Gasteiger partial charge < -0.3 is 11.1 Å². The van der Waals surface area contributed by atoms with Crippen LogP contribution in [0.4, 0.5) is 11.4 Å². The maximum atomic E-state index is 12.0. The molecule has 102 valence electrons. The minimum atomic E-state index is -0.537. The van der Waals surface area contributed by atoms with Crippen molar-refractivity contribution in [2.24, 2.45) is 11.7 Å². The van der Waals surface area contributed by atoms with Crippen LogP contribution in [0.5, 0.6) is 0 Å². The van der Waals surface area contributed by atoms with Crippen molar-refractivity contribution >= 4 is 28.9 Å². The third-order valence-corrected chi connectivity index (χ3v) is 3.64. The third-order valence-electron chi connectivity index (χ3n) is 3.33. The van der Waals surface area contributed by atoms with E-state index in [4.69, 9.17) is 17.3 Å². The normalized spacial score (nSPS) is 22.2. The van der Waals surface area contributed by atoms with Gasteiger partial charge in [0.1, 0.15) is 0 Å². The maximum absolute atomic E-state index is 12.0. The van der Waals surface area contributed by atoms with Crippen molar-refractivity contribution in [1.29, 1.82) is 0 Å². The van der Waals surface area contributed by atoms with E-state index < -0.39 is 4.92 Å². The minimum Gasteiger partial charge on any atom is -0.327 e. The van der Waals surface area contributed by atoms with Crippen molar-refractivity contribution in [3.8, 4) is 0 Å². The van der Waals surface area contributed by atoms with Crippen LogP contribution in [0.3, 0.4) is 0 Å². The number of amides is 1. The first-order valence-corrected chi connectivity index (χ1v) is 6.37. The average molecular weight is 284 g/mol. The topological polar surface area (TPSA) is 98.3 Å². The summed E-state index contributed by atoms with van der Waals surface area (Å²) in [5, 5.41) is 13.4. The Labute approximate surface area is 115 Å². The smallest absolute Gasteiger partial charge is 0.271 e. The van der Waals surface area contributed by atoms with Crippen LogP contribution < -0.4 is 11.1 Å². The van der Waals surface area contributed by atoms with E-state index in [0.29, 0.717) is 5.69 Å². The van der Waals surface area contributed by atoms with E-state index in [9.17, 15) is 14.9 Å². The molecule has 1 aromatic rings. The quantitative estimate of drug-likeness (QED) is 0.657. The highest BCUT2D eigenvalue weighted by atomic mass is 35.5. The number of hydrogen-bond acceptors (Lipinski definition) is 4. The van der Waals surface area contributed by atoms with E-state index in [2.05, 4.69) is 5.32 Å². The standard InChI is InChI=1S/C12H14ClN3O3/c13-9-6-7(16(18)19)4-5-11(9)15-12(17)8-2-1-3-10(8)14/h4-6,8,10H,1-3,14H2,(H,15,17). The largest absolute Gasteiger partial charge is 0.327 e. The Morgan fingerprint density at radius 1 is 1.47 bits per heavy atom. The lowest BCUT2D eigenvalue weighted by atomic mass is 10.0. The minimum absolute atomic E-state index is 0.111. The van der Waals surface area contributed by atoms with E-state index in [1.54, 1.807) is 0 Å². The molecule has 0 aromatic heterocycles. The highest BCUT2D eigenvalue weighted by Gasteiger charge is 2.30. The molecule has 0 heterocycles. The number of benzene rings is 1. The number of nitro groups is 1. The second-order valence-corrected chi connectivity index (χ2v) is 5.02. The summed E-state index contributed by atoms with van der Waals surface area (Å²) >= 11 is 5.91. The molecule has 2 atom stereocenters. The zero-order chi connectivity index (χ0) is 14.0. The molecule has 0 radical (unpaired) electrons. The number of carbonyl (C=O) groups is 1. The average Bonchev–Trinajstić information content (AvgIpc) is 2.77. The maximum Gasteiger partial charge on any atom is 0.271 e. The summed E-state index contributed by atoms with van der Waals surface area (Å²) in [7, 11) is 0. The van der Waals surface area contributed by atoms with Gasteiger partial charge in [-0.2, -0.15) is 0 Å². The van der Waals surface area contributed by atoms with Crippen molar-refractivity contribution < 1.29 is 9.72 Å². The summed E-state index contributed by atoms with van der Waals surface area (Å²) in [5.74, 6) is -0.396. The molecule has 1 fully saturated rings. The van der Waals surface area contributed by atoms with Crippen LogP contribution in [0.1, 0.15) is 19.3 Å². The summed E-state index contributed by atoms with van der Waals surface area (Å²) < 4.78 is 0. The molecular weight excluding hydrogens is 270 g/mol. The Morgan fingerprint density at radius 3 is 2.74 bits per heavy atom. The molecule has 0 bridgehead atoms. The molecule has 2 unspecified atom stereocenters. The fourth-order valence-electron chi connectivity index (χ4n) is 2.26. The SMILES string of the molecule is NC1CCCC1C(=O)Nc1ccc([N+](=O)[O-])cc1Cl. The number of carbonyl (C=O) groups excluding carboxylic acids is 1. The van der Waals surface area contributed by atoms with Crippen LogP contribution in [-0.4, -0.2) is 16.9 Å². The Morgan fingerprint density at radius 2 is 2.21 bits per heavy atom. The molecule has 0 aliphatic heterocycles. The van der Waals surface area contributed by atoms with Crippen molar-refractivity contribution in [3.05, 3.63) is 33.3 Å². The lowest BCUT2D eigenvalue weighted by Crippen LogP contribution is -2.34. The first kappa shape index (κ1) is 13.8. The van der Waals surface area contributed by atoms with Gasteiger partial charge in [0.15, 0.2) is 0 Å². The summed E-state index contributed by atoms with van der Waals surface area (Å²) in [4.78, 5) is 22.1. The Hall–Kier alpha value is -1.66. The molecule has 1 aliphatic carbocycles. The Kier molecular flexibility index (Phi) is 4.01. The first-order chi connectivity index (χ1) is 8.99. The number of anilines is 1. The number of nitrogens with zero attached hydrogens (tertiary/aromatic N) is 1. The lowest BCUT2D eigenvalue weighted by molar-refractivity contribution is -0.384. The monoisotopic (exact) mass is 283 g/mol. The van der Waals surface area contributed by atoms with Gasteiger partial charge >= 0.3 is 0 Å². The van der Waals surface area contributed by atoms with Gasteiger partial charge in [0.2, 0.25) is 5.91 Å². The molecule has 0 saturated heterocycles. The number of rotatable bonds is 3. The van der Waals surface area contributed by atoms with Gasteiger partial charge in [0, 0.05) is 18.2 Å². The Balaban J connectivity index is 2.11. The van der Waals surface area contributed by atoms with Crippen molar-refractivity contribution in [3.63, 3.8) is 0 Å². The number of nitrogens with two attached hydrogens (primary N) is 1. The molecule has 0 spiro atoms. The van der Waals surface area contributed by atoms with Crippen molar-refractivity contribution in [1.82, 2.24) is 0 Å². The fraction of sp³-hybridized carbons (Fsp3) is 0.417. The number of nitro benzene ring substituents is 1. The molecular formula is C12H14ClN3O3. The predicted molar refractivity (Wildman–Crippen MR) is 72.1 cm³/mol. The molecule has 1 aliphatic rings. The van der Waals surface area contributed by atoms with Crippen molar-refractivity contribution in [2.75, 3.05) is 5.32 Å². The van der Waals surface area contributed by atoms with E-state index in [1.165, 1.54) is 18.2 Å². The van der Waals surface area contributed by atoms with Crippen LogP contribution in [-0.2, 0) is 4.79 Å². The number of non-ortho nitro benzene ring substituents is 1. The Bertz CT molecular complexity index is 521. The molecule has 6 nitrogen and oxygen atoms in total. The predicted octanol–water partition coefficient (Wildman–Crippen LogP) is 2.31. The van der Waals surface area contributed by atoms with Gasteiger partial charge in [-0.15, -0.1) is 0 Å². The van der Waals surface area contributed by atoms with Gasteiger partial charge in [0.25, 0.3) is 5.69 Å². The highest BCUT2D eigenvalue weighted by Crippen LogP contribution is 2.29. The second-order valence-electron chi connectivity index (χ2n) is 4.61. The van der Waals surface area contributed by atoms with E-state index in [-0.39, 0.29) is 28.6 Å². The highest BCUT2D eigenvalue weighted by molar-refractivity contribution is 6.34. The molecule has 1 aromatic carbocycles. The number of halogens is 1. The number of hydrogen-bond donors (Lipinski definition) is 2. The van der Waals surface area contributed by atoms with Gasteiger partial charge in [-0.05, 0) is 18.9 Å². The summed E-state index contributed by atoms with van der Waals surface area (Å²) in [6, 6.07) is 3.82. The van der Waals surface area contributed by atoms with Gasteiger partial charge in [0.05, 0.1) is 21.6 Å².